The van der Waals surface area contributed by atoms with Gasteiger partial charge in [-0.25, -0.2) is 4.98 Å². The van der Waals surface area contributed by atoms with Gasteiger partial charge in [0.15, 0.2) is 0 Å². The van der Waals surface area contributed by atoms with Crippen molar-refractivity contribution in [2.75, 3.05) is 0 Å². The second-order valence-electron chi connectivity index (χ2n) is 2.04. The Hall–Kier alpha value is -0.470. The summed E-state index contributed by atoms with van der Waals surface area (Å²) >= 11 is 6.46. The van der Waals surface area contributed by atoms with Gasteiger partial charge in [-0.1, -0.05) is 11.8 Å². The predicted octanol–water partition coefficient (Wildman–Crippen LogP) is 1.71. The molecule has 0 atom stereocenters. The van der Waals surface area contributed by atoms with Crippen LogP contribution in [0.2, 0.25) is 0 Å². The summed E-state index contributed by atoms with van der Waals surface area (Å²) in [7, 11) is 0. The number of rotatable bonds is 3. The van der Waals surface area contributed by atoms with Gasteiger partial charge < -0.3 is 0 Å². The number of nitrogens with one attached hydrogen (secondary N) is 1. The number of thiazole rings is 1. The van der Waals surface area contributed by atoms with Crippen molar-refractivity contribution in [2.24, 2.45) is 0 Å². The van der Waals surface area contributed by atoms with Crippen LogP contribution in [0.25, 0.3) is 0 Å². The highest BCUT2D eigenvalue weighted by Gasteiger charge is 2.03. The maximum atomic E-state index is 4.18. The number of nitrogens with zero attached hydrogens (tertiary/aromatic N) is 4. The molecule has 0 aliphatic rings. The van der Waals surface area contributed by atoms with E-state index >= 15 is 0 Å². The number of halogens is 1. The lowest BCUT2D eigenvalue weighted by Crippen LogP contribution is -1.79. The maximum Gasteiger partial charge on any atom is 0.231 e. The first-order valence-electron chi connectivity index (χ1n) is 3.31. The van der Waals surface area contributed by atoms with Crippen LogP contribution in [0.15, 0.2) is 15.1 Å². The summed E-state index contributed by atoms with van der Waals surface area (Å²) < 4.78 is 1.04. The van der Waals surface area contributed by atoms with E-state index in [1.54, 1.807) is 17.5 Å². The summed E-state index contributed by atoms with van der Waals surface area (Å²) in [6, 6.07) is 0. The average Bonchev–Trinajstić information content (AvgIpc) is 2.71. The quantitative estimate of drug-likeness (QED) is 0.866. The molecule has 8 heteroatoms. The Bertz CT molecular complexity index is 372. The second-order valence-corrected chi connectivity index (χ2v) is 5.48. The van der Waals surface area contributed by atoms with Crippen molar-refractivity contribution in [2.45, 2.75) is 10.9 Å². The summed E-state index contributed by atoms with van der Waals surface area (Å²) in [4.78, 5) is 4.18. The summed E-state index contributed by atoms with van der Waals surface area (Å²) in [6.45, 7) is 0. The number of hydrogen-bond acceptors (Lipinski definition) is 6. The molecule has 0 bridgehead atoms. The Balaban J connectivity index is 1.93. The lowest BCUT2D eigenvalue weighted by Gasteiger charge is -1.89. The van der Waals surface area contributed by atoms with Gasteiger partial charge >= 0.3 is 0 Å². The van der Waals surface area contributed by atoms with Crippen LogP contribution in [0.4, 0.5) is 0 Å². The van der Waals surface area contributed by atoms with Gasteiger partial charge in [-0.05, 0) is 21.1 Å². The van der Waals surface area contributed by atoms with E-state index in [1.165, 1.54) is 11.8 Å². The average molecular weight is 278 g/mol. The van der Waals surface area contributed by atoms with Gasteiger partial charge in [0.05, 0.1) is 15.7 Å². The van der Waals surface area contributed by atoms with Crippen LogP contribution >= 0.6 is 39.0 Å². The van der Waals surface area contributed by atoms with Crippen molar-refractivity contribution in [1.82, 2.24) is 25.6 Å². The van der Waals surface area contributed by atoms with E-state index in [9.17, 15) is 0 Å². The zero-order chi connectivity index (χ0) is 9.10. The number of hydrogen-bond donors (Lipinski definition) is 1. The Morgan fingerprint density at radius 3 is 3.15 bits per heavy atom. The Kier molecular flexibility index (Phi) is 2.91. The third kappa shape index (κ3) is 2.48. The number of thioether (sulfide) groups is 1. The first kappa shape index (κ1) is 9.10. The van der Waals surface area contributed by atoms with E-state index in [0.29, 0.717) is 5.16 Å². The molecule has 1 N–H and O–H groups in total. The van der Waals surface area contributed by atoms with Crippen LogP contribution in [-0.4, -0.2) is 25.6 Å². The largest absolute Gasteiger partial charge is 0.248 e. The molecule has 68 valence electrons. The molecule has 13 heavy (non-hydrogen) atoms. The van der Waals surface area contributed by atoms with E-state index in [4.69, 9.17) is 0 Å². The van der Waals surface area contributed by atoms with Crippen molar-refractivity contribution in [3.63, 3.8) is 0 Å². The van der Waals surface area contributed by atoms with Crippen molar-refractivity contribution < 1.29 is 0 Å². The van der Waals surface area contributed by atoms with Gasteiger partial charge in [-0.15, -0.1) is 21.5 Å². The standard InChI is InChI=1S/C5H4BrN5S2/c6-3-1-7-4(13-3)2-12-5-8-10-11-9-5/h1H,2H2,(H,8,9,10,11). The van der Waals surface area contributed by atoms with E-state index in [0.717, 1.165) is 14.5 Å². The number of aromatic nitrogens is 5. The van der Waals surface area contributed by atoms with Gasteiger partial charge in [0.1, 0.15) is 5.01 Å². The van der Waals surface area contributed by atoms with E-state index in [2.05, 4.69) is 41.5 Å². The van der Waals surface area contributed by atoms with Crippen LogP contribution in [0.1, 0.15) is 5.01 Å². The zero-order valence-corrected chi connectivity index (χ0v) is 9.49. The molecule has 0 saturated carbocycles. The SMILES string of the molecule is Brc1cnc(CSc2nn[nH]n2)s1. The topological polar surface area (TPSA) is 67.3 Å². The van der Waals surface area contributed by atoms with Crippen LogP contribution in [0, 0.1) is 0 Å². The smallest absolute Gasteiger partial charge is 0.231 e. The molecule has 0 saturated heterocycles. The molecule has 0 amide bonds. The highest BCUT2D eigenvalue weighted by molar-refractivity contribution is 9.11. The van der Waals surface area contributed by atoms with Crippen LogP contribution in [-0.2, 0) is 5.75 Å². The molecule has 2 aromatic heterocycles. The van der Waals surface area contributed by atoms with Gasteiger partial charge in [0.25, 0.3) is 0 Å². The number of H-pyrrole nitrogens is 1. The van der Waals surface area contributed by atoms with Crippen LogP contribution < -0.4 is 0 Å². The summed E-state index contributed by atoms with van der Waals surface area (Å²) in [5.41, 5.74) is 0. The Morgan fingerprint density at radius 2 is 2.54 bits per heavy atom. The second kappa shape index (κ2) is 4.16. The highest BCUT2D eigenvalue weighted by atomic mass is 79.9. The molecule has 2 heterocycles. The highest BCUT2D eigenvalue weighted by Crippen LogP contribution is 2.24. The molecule has 0 radical (unpaired) electrons. The minimum atomic E-state index is 0.645. The molecule has 0 aliphatic heterocycles. The molecule has 0 fully saturated rings. The third-order valence-corrected chi connectivity index (χ3v) is 3.68. The first-order chi connectivity index (χ1) is 6.34. The lowest BCUT2D eigenvalue weighted by molar-refractivity contribution is 0.881. The summed E-state index contributed by atoms with van der Waals surface area (Å²) in [6.07, 6.45) is 1.79. The van der Waals surface area contributed by atoms with Crippen LogP contribution in [0.5, 0.6) is 0 Å². The van der Waals surface area contributed by atoms with Gasteiger partial charge in [0.2, 0.25) is 5.16 Å². The normalized spacial score (nSPS) is 10.5. The van der Waals surface area contributed by atoms with Gasteiger partial charge in [-0.3, -0.25) is 0 Å². The molecule has 5 nitrogen and oxygen atoms in total. The maximum absolute atomic E-state index is 4.18. The van der Waals surface area contributed by atoms with Gasteiger partial charge in [-0.2, -0.15) is 5.21 Å². The molecular formula is C5H4BrN5S2. The Morgan fingerprint density at radius 1 is 1.62 bits per heavy atom. The first-order valence-corrected chi connectivity index (χ1v) is 5.90. The van der Waals surface area contributed by atoms with Crippen molar-refractivity contribution in [1.29, 1.82) is 0 Å². The van der Waals surface area contributed by atoms with Crippen LogP contribution in [0.3, 0.4) is 0 Å². The zero-order valence-electron chi connectivity index (χ0n) is 6.27. The minimum Gasteiger partial charge on any atom is -0.248 e. The molecule has 2 rings (SSSR count). The molecular weight excluding hydrogens is 274 g/mol. The monoisotopic (exact) mass is 277 g/mol. The van der Waals surface area contributed by atoms with Crippen molar-refractivity contribution >= 4 is 39.0 Å². The fourth-order valence-electron chi connectivity index (χ4n) is 0.695. The third-order valence-electron chi connectivity index (χ3n) is 1.18. The summed E-state index contributed by atoms with van der Waals surface area (Å²) in [5, 5.41) is 15.2. The fraction of sp³-hybridized carbons (Fsp3) is 0.200. The lowest BCUT2D eigenvalue weighted by atomic mass is 10.8. The Labute approximate surface area is 90.5 Å². The van der Waals surface area contributed by atoms with E-state index in [1.807, 2.05) is 0 Å². The number of tetrazole rings is 1. The summed E-state index contributed by atoms with van der Waals surface area (Å²) in [5.74, 6) is 0.774. The molecule has 2 aromatic rings. The van der Waals surface area contributed by atoms with E-state index in [-0.39, 0.29) is 0 Å². The molecule has 0 unspecified atom stereocenters. The molecule has 0 aliphatic carbocycles. The van der Waals surface area contributed by atoms with Crippen molar-refractivity contribution in [3.8, 4) is 0 Å². The van der Waals surface area contributed by atoms with Gasteiger partial charge in [0, 0.05) is 0 Å². The molecule has 0 spiro atoms. The van der Waals surface area contributed by atoms with Crippen molar-refractivity contribution in [3.05, 3.63) is 15.0 Å². The molecule has 0 aromatic carbocycles. The van der Waals surface area contributed by atoms with E-state index < -0.39 is 0 Å². The predicted molar refractivity (Wildman–Crippen MR) is 53.6 cm³/mol. The minimum absolute atomic E-state index is 0.645. The number of aromatic amines is 1. The fourth-order valence-corrected chi connectivity index (χ4v) is 2.74.